The SMILES string of the molecule is CCCOc1ccc(CN(CCC)C(=O)CCn2nnc3ccccc3c2=O)cc1OC. The first kappa shape index (κ1) is 23.2. The zero-order valence-corrected chi connectivity index (χ0v) is 18.9. The number of benzene rings is 2. The molecule has 32 heavy (non-hydrogen) atoms. The molecule has 8 heteroatoms. The smallest absolute Gasteiger partial charge is 0.277 e. The molecule has 0 fully saturated rings. The number of amides is 1. The molecule has 0 spiro atoms. The molecule has 8 nitrogen and oxygen atoms in total. The van der Waals surface area contributed by atoms with Gasteiger partial charge in [0, 0.05) is 19.5 Å². The van der Waals surface area contributed by atoms with Crippen LogP contribution in [0, 0.1) is 0 Å². The van der Waals surface area contributed by atoms with E-state index in [1.165, 1.54) is 4.68 Å². The Morgan fingerprint density at radius 2 is 1.91 bits per heavy atom. The number of carbonyl (C=O) groups excluding carboxylic acids is 1. The number of carbonyl (C=O) groups is 1. The van der Waals surface area contributed by atoms with Gasteiger partial charge in [-0.15, -0.1) is 5.10 Å². The highest BCUT2D eigenvalue weighted by molar-refractivity contribution is 5.77. The lowest BCUT2D eigenvalue weighted by molar-refractivity contribution is -0.132. The minimum atomic E-state index is -0.238. The van der Waals surface area contributed by atoms with Crippen molar-refractivity contribution in [3.63, 3.8) is 0 Å². The first-order chi connectivity index (χ1) is 15.6. The summed E-state index contributed by atoms with van der Waals surface area (Å²) in [6.07, 6.45) is 1.91. The van der Waals surface area contributed by atoms with Crippen molar-refractivity contribution in [2.45, 2.75) is 46.2 Å². The quantitative estimate of drug-likeness (QED) is 0.456. The molecular weight excluding hydrogens is 408 g/mol. The molecule has 0 radical (unpaired) electrons. The average Bonchev–Trinajstić information content (AvgIpc) is 2.82. The maximum Gasteiger partial charge on any atom is 0.277 e. The van der Waals surface area contributed by atoms with Gasteiger partial charge in [0.05, 0.1) is 25.6 Å². The lowest BCUT2D eigenvalue weighted by Crippen LogP contribution is -2.33. The van der Waals surface area contributed by atoms with Crippen LogP contribution in [0.15, 0.2) is 47.3 Å². The Labute approximate surface area is 187 Å². The van der Waals surface area contributed by atoms with Crippen LogP contribution in [-0.4, -0.2) is 46.1 Å². The van der Waals surface area contributed by atoms with Crippen molar-refractivity contribution in [3.05, 3.63) is 58.4 Å². The predicted molar refractivity (Wildman–Crippen MR) is 123 cm³/mol. The van der Waals surface area contributed by atoms with Crippen LogP contribution in [0.1, 0.15) is 38.7 Å². The lowest BCUT2D eigenvalue weighted by Gasteiger charge is -2.23. The second-order valence-electron chi connectivity index (χ2n) is 7.53. The maximum atomic E-state index is 13.0. The summed E-state index contributed by atoms with van der Waals surface area (Å²) in [5.74, 6) is 1.30. The number of nitrogens with zero attached hydrogens (tertiary/aromatic N) is 4. The summed E-state index contributed by atoms with van der Waals surface area (Å²) in [7, 11) is 1.61. The first-order valence-electron chi connectivity index (χ1n) is 11.0. The van der Waals surface area contributed by atoms with E-state index in [2.05, 4.69) is 10.3 Å². The normalized spacial score (nSPS) is 10.8. The number of methoxy groups -OCH3 is 1. The van der Waals surface area contributed by atoms with E-state index < -0.39 is 0 Å². The Morgan fingerprint density at radius 3 is 2.66 bits per heavy atom. The number of hydrogen-bond donors (Lipinski definition) is 0. The Kier molecular flexibility index (Phi) is 8.19. The fraction of sp³-hybridized carbons (Fsp3) is 0.417. The van der Waals surface area contributed by atoms with Crippen molar-refractivity contribution in [3.8, 4) is 11.5 Å². The van der Waals surface area contributed by atoms with E-state index in [1.807, 2.05) is 38.1 Å². The summed E-state index contributed by atoms with van der Waals surface area (Å²) in [4.78, 5) is 27.4. The summed E-state index contributed by atoms with van der Waals surface area (Å²) < 4.78 is 12.4. The number of ether oxygens (including phenoxy) is 2. The molecule has 3 aromatic rings. The van der Waals surface area contributed by atoms with Crippen LogP contribution in [0.5, 0.6) is 11.5 Å². The van der Waals surface area contributed by atoms with Gasteiger partial charge in [-0.25, -0.2) is 4.68 Å². The fourth-order valence-electron chi connectivity index (χ4n) is 3.45. The largest absolute Gasteiger partial charge is 0.493 e. The van der Waals surface area contributed by atoms with Gasteiger partial charge in [-0.1, -0.05) is 37.3 Å². The fourth-order valence-corrected chi connectivity index (χ4v) is 3.45. The maximum absolute atomic E-state index is 13.0. The number of fused-ring (bicyclic) bond motifs is 1. The minimum Gasteiger partial charge on any atom is -0.493 e. The van der Waals surface area contributed by atoms with E-state index >= 15 is 0 Å². The molecule has 0 saturated carbocycles. The zero-order chi connectivity index (χ0) is 22.9. The van der Waals surface area contributed by atoms with Gasteiger partial charge in [0.25, 0.3) is 5.56 Å². The monoisotopic (exact) mass is 438 g/mol. The van der Waals surface area contributed by atoms with Crippen LogP contribution in [0.4, 0.5) is 0 Å². The standard InChI is InChI=1S/C24H30N4O4/c1-4-13-27(17-18-10-11-21(32-15-5-2)22(16-18)31-3)23(29)12-14-28-24(30)19-8-6-7-9-20(19)25-26-28/h6-11,16H,4-5,12-15,17H2,1-3H3. The summed E-state index contributed by atoms with van der Waals surface area (Å²) in [5.41, 5.74) is 1.26. The molecular formula is C24H30N4O4. The third kappa shape index (κ3) is 5.63. The van der Waals surface area contributed by atoms with Crippen molar-refractivity contribution in [2.24, 2.45) is 0 Å². The molecule has 0 atom stereocenters. The van der Waals surface area contributed by atoms with Gasteiger partial charge in [-0.05, 0) is 42.7 Å². The number of hydrogen-bond acceptors (Lipinski definition) is 6. The summed E-state index contributed by atoms with van der Waals surface area (Å²) in [6, 6.07) is 12.8. The highest BCUT2D eigenvalue weighted by Gasteiger charge is 2.16. The van der Waals surface area contributed by atoms with E-state index in [1.54, 1.807) is 30.2 Å². The Bertz CT molecular complexity index is 1110. The Morgan fingerprint density at radius 1 is 1.09 bits per heavy atom. The van der Waals surface area contributed by atoms with E-state index in [9.17, 15) is 9.59 Å². The van der Waals surface area contributed by atoms with Gasteiger partial charge in [-0.3, -0.25) is 9.59 Å². The molecule has 0 aliphatic heterocycles. The molecule has 0 bridgehead atoms. The molecule has 1 aromatic heterocycles. The van der Waals surface area contributed by atoms with E-state index in [0.717, 1.165) is 18.4 Å². The Balaban J connectivity index is 1.70. The highest BCUT2D eigenvalue weighted by atomic mass is 16.5. The molecule has 3 rings (SSSR count). The van der Waals surface area contributed by atoms with Gasteiger partial charge in [0.15, 0.2) is 11.5 Å². The molecule has 1 amide bonds. The van der Waals surface area contributed by atoms with Crippen molar-refractivity contribution in [1.29, 1.82) is 0 Å². The molecule has 0 unspecified atom stereocenters. The number of rotatable bonds is 11. The van der Waals surface area contributed by atoms with Crippen LogP contribution in [-0.2, 0) is 17.9 Å². The van der Waals surface area contributed by atoms with Crippen LogP contribution in [0.3, 0.4) is 0 Å². The number of aryl methyl sites for hydroxylation is 1. The molecule has 1 heterocycles. The molecule has 0 aliphatic carbocycles. The second-order valence-corrected chi connectivity index (χ2v) is 7.53. The summed E-state index contributed by atoms with van der Waals surface area (Å²) >= 11 is 0. The van der Waals surface area contributed by atoms with Crippen LogP contribution < -0.4 is 15.0 Å². The minimum absolute atomic E-state index is 0.0426. The van der Waals surface area contributed by atoms with Crippen LogP contribution >= 0.6 is 0 Å². The summed E-state index contributed by atoms with van der Waals surface area (Å²) in [6.45, 7) is 5.95. The topological polar surface area (TPSA) is 86.5 Å². The van der Waals surface area contributed by atoms with Crippen molar-refractivity contribution in [1.82, 2.24) is 19.9 Å². The van der Waals surface area contributed by atoms with Crippen molar-refractivity contribution < 1.29 is 14.3 Å². The highest BCUT2D eigenvalue weighted by Crippen LogP contribution is 2.28. The second kappa shape index (κ2) is 11.3. The first-order valence-corrected chi connectivity index (χ1v) is 11.0. The van der Waals surface area contributed by atoms with Gasteiger partial charge in [-0.2, -0.15) is 0 Å². The molecule has 0 saturated heterocycles. The summed E-state index contributed by atoms with van der Waals surface area (Å²) in [5, 5.41) is 8.56. The van der Waals surface area contributed by atoms with E-state index in [0.29, 0.717) is 42.1 Å². The zero-order valence-electron chi connectivity index (χ0n) is 18.9. The van der Waals surface area contributed by atoms with Crippen molar-refractivity contribution in [2.75, 3.05) is 20.3 Å². The van der Waals surface area contributed by atoms with E-state index in [-0.39, 0.29) is 24.4 Å². The van der Waals surface area contributed by atoms with Gasteiger partial charge >= 0.3 is 0 Å². The van der Waals surface area contributed by atoms with Gasteiger partial charge in [0.1, 0.15) is 5.52 Å². The van der Waals surface area contributed by atoms with Crippen LogP contribution in [0.2, 0.25) is 0 Å². The predicted octanol–water partition coefficient (Wildman–Crippen LogP) is 3.42. The molecule has 2 aromatic carbocycles. The van der Waals surface area contributed by atoms with Crippen LogP contribution in [0.25, 0.3) is 10.9 Å². The van der Waals surface area contributed by atoms with Crippen molar-refractivity contribution >= 4 is 16.8 Å². The number of aromatic nitrogens is 3. The molecule has 170 valence electrons. The lowest BCUT2D eigenvalue weighted by atomic mass is 10.1. The van der Waals surface area contributed by atoms with E-state index in [4.69, 9.17) is 9.47 Å². The van der Waals surface area contributed by atoms with Gasteiger partial charge < -0.3 is 14.4 Å². The average molecular weight is 439 g/mol. The third-order valence-electron chi connectivity index (χ3n) is 5.08. The molecule has 0 aliphatic rings. The van der Waals surface area contributed by atoms with Gasteiger partial charge in [0.2, 0.25) is 5.91 Å². The third-order valence-corrected chi connectivity index (χ3v) is 5.08. The Hall–Kier alpha value is -3.42. The molecule has 0 N–H and O–H groups in total.